The molecule has 0 bridgehead atoms. The second-order valence-corrected chi connectivity index (χ2v) is 5.90. The molecule has 17 heavy (non-hydrogen) atoms. The maximum absolute atomic E-state index is 12.1. The molecule has 3 nitrogen and oxygen atoms in total. The van der Waals surface area contributed by atoms with Gasteiger partial charge in [-0.05, 0) is 56.1 Å². The summed E-state index contributed by atoms with van der Waals surface area (Å²) in [6.07, 6.45) is 0. The maximum Gasteiger partial charge on any atom is 0.212 e. The van der Waals surface area contributed by atoms with Crippen molar-refractivity contribution in [1.29, 1.82) is 0 Å². The molecule has 88 valence electrons. The summed E-state index contributed by atoms with van der Waals surface area (Å²) in [5.41, 5.74) is 0.651. The summed E-state index contributed by atoms with van der Waals surface area (Å²) in [5, 5.41) is 9.66. The number of rotatable bonds is 2. The van der Waals surface area contributed by atoms with Gasteiger partial charge in [0.1, 0.15) is 5.75 Å². The second kappa shape index (κ2) is 4.96. The minimum absolute atomic E-state index is 0.0416. The van der Waals surface area contributed by atoms with E-state index in [-0.39, 0.29) is 17.1 Å². The molecule has 1 aromatic carbocycles. The number of carbonyl (C=O) groups excluding carboxylic acids is 1. The number of hydrogen-bond donors (Lipinski definition) is 2. The third-order valence-electron chi connectivity index (χ3n) is 2.17. The van der Waals surface area contributed by atoms with Gasteiger partial charge in [0, 0.05) is 4.47 Å². The number of H-pyrrole nitrogens is 1. The zero-order valence-corrected chi connectivity index (χ0v) is 13.1. The molecule has 0 atom stereocenters. The highest BCUT2D eigenvalue weighted by Gasteiger charge is 2.17. The van der Waals surface area contributed by atoms with Crippen molar-refractivity contribution in [2.45, 2.75) is 0 Å². The first-order valence-corrected chi connectivity index (χ1v) is 6.94. The van der Waals surface area contributed by atoms with E-state index < -0.39 is 0 Å². The van der Waals surface area contributed by atoms with Crippen LogP contribution in [0.1, 0.15) is 16.1 Å². The van der Waals surface area contributed by atoms with Crippen molar-refractivity contribution in [3.05, 3.63) is 49.1 Å². The van der Waals surface area contributed by atoms with Crippen LogP contribution in [-0.2, 0) is 0 Å². The van der Waals surface area contributed by atoms with E-state index in [1.165, 1.54) is 6.07 Å². The lowest BCUT2D eigenvalue weighted by Crippen LogP contribution is -2.02. The summed E-state index contributed by atoms with van der Waals surface area (Å²) < 4.78 is 2.19. The van der Waals surface area contributed by atoms with Gasteiger partial charge < -0.3 is 10.1 Å². The summed E-state index contributed by atoms with van der Waals surface area (Å²) in [4.78, 5) is 15.0. The Bertz CT molecular complexity index is 573. The van der Waals surface area contributed by atoms with E-state index in [2.05, 4.69) is 52.8 Å². The molecule has 0 saturated heterocycles. The lowest BCUT2D eigenvalue weighted by molar-refractivity contribution is 0.103. The lowest BCUT2D eigenvalue weighted by atomic mass is 10.1. The number of nitrogens with one attached hydrogen (secondary N) is 1. The van der Waals surface area contributed by atoms with Gasteiger partial charge in [-0.3, -0.25) is 4.79 Å². The predicted octanol–water partition coefficient (Wildman–Crippen LogP) is 4.24. The Morgan fingerprint density at radius 3 is 2.47 bits per heavy atom. The van der Waals surface area contributed by atoms with Gasteiger partial charge in [0.05, 0.1) is 20.3 Å². The molecule has 0 unspecified atom stereocenters. The van der Waals surface area contributed by atoms with Crippen LogP contribution < -0.4 is 0 Å². The summed E-state index contributed by atoms with van der Waals surface area (Å²) in [6.45, 7) is 0. The minimum atomic E-state index is -0.268. The molecule has 0 aliphatic heterocycles. The highest BCUT2D eigenvalue weighted by atomic mass is 79.9. The number of aromatic amines is 1. The van der Waals surface area contributed by atoms with Crippen LogP contribution in [0.4, 0.5) is 0 Å². The third kappa shape index (κ3) is 2.64. The molecular weight excluding hydrogens is 418 g/mol. The van der Waals surface area contributed by atoms with Gasteiger partial charge in [0.15, 0.2) is 0 Å². The highest BCUT2D eigenvalue weighted by Crippen LogP contribution is 2.28. The fourth-order valence-electron chi connectivity index (χ4n) is 1.36. The number of aromatic nitrogens is 1. The minimum Gasteiger partial charge on any atom is -0.507 e. The molecule has 2 rings (SSSR count). The number of carbonyl (C=O) groups is 1. The Morgan fingerprint density at radius 2 is 1.88 bits per heavy atom. The van der Waals surface area contributed by atoms with Crippen molar-refractivity contribution in [3.8, 4) is 5.75 Å². The smallest absolute Gasteiger partial charge is 0.212 e. The van der Waals surface area contributed by atoms with Crippen molar-refractivity contribution >= 4 is 53.6 Å². The summed E-state index contributed by atoms with van der Waals surface area (Å²) in [7, 11) is 0. The van der Waals surface area contributed by atoms with Crippen molar-refractivity contribution in [2.75, 3.05) is 0 Å². The number of halogens is 3. The molecule has 1 heterocycles. The van der Waals surface area contributed by atoms with E-state index in [1.54, 1.807) is 18.2 Å². The third-order valence-corrected chi connectivity index (χ3v) is 4.45. The summed E-state index contributed by atoms with van der Waals surface area (Å²) in [6, 6.07) is 6.39. The first kappa shape index (κ1) is 12.9. The summed E-state index contributed by atoms with van der Waals surface area (Å²) >= 11 is 9.82. The average Bonchev–Trinajstić information content (AvgIpc) is 2.62. The first-order valence-electron chi connectivity index (χ1n) is 4.56. The first-order chi connectivity index (χ1) is 7.99. The SMILES string of the molecule is O=C(c1cc(Br)c(Br)[nH]1)c1cc(Br)ccc1O. The molecule has 2 aromatic rings. The molecule has 2 N–H and O–H groups in total. The molecule has 0 saturated carbocycles. The van der Waals surface area contributed by atoms with Gasteiger partial charge in [-0.1, -0.05) is 15.9 Å². The molecule has 0 spiro atoms. The lowest BCUT2D eigenvalue weighted by Gasteiger charge is -2.02. The van der Waals surface area contributed by atoms with Crippen molar-refractivity contribution in [1.82, 2.24) is 4.98 Å². The van der Waals surface area contributed by atoms with E-state index in [4.69, 9.17) is 0 Å². The number of ketones is 1. The second-order valence-electron chi connectivity index (χ2n) is 3.34. The maximum atomic E-state index is 12.1. The van der Waals surface area contributed by atoms with Gasteiger partial charge in [-0.15, -0.1) is 0 Å². The number of phenols is 1. The van der Waals surface area contributed by atoms with E-state index >= 15 is 0 Å². The molecule has 0 aliphatic rings. The largest absolute Gasteiger partial charge is 0.507 e. The van der Waals surface area contributed by atoms with Crippen LogP contribution in [0.15, 0.2) is 37.8 Å². The van der Waals surface area contributed by atoms with Crippen LogP contribution in [0.3, 0.4) is 0 Å². The van der Waals surface area contributed by atoms with Crippen LogP contribution in [0.25, 0.3) is 0 Å². The van der Waals surface area contributed by atoms with Gasteiger partial charge in [-0.25, -0.2) is 0 Å². The van der Waals surface area contributed by atoms with Crippen molar-refractivity contribution in [2.24, 2.45) is 0 Å². The Labute approximate surface area is 123 Å². The zero-order valence-electron chi connectivity index (χ0n) is 8.30. The Hall–Kier alpha value is -0.590. The van der Waals surface area contributed by atoms with Gasteiger partial charge in [-0.2, -0.15) is 0 Å². The highest BCUT2D eigenvalue weighted by molar-refractivity contribution is 9.13. The van der Waals surface area contributed by atoms with Gasteiger partial charge in [0.25, 0.3) is 0 Å². The summed E-state index contributed by atoms with van der Waals surface area (Å²) in [5.74, 6) is -0.310. The molecule has 6 heteroatoms. The van der Waals surface area contributed by atoms with Crippen molar-refractivity contribution in [3.63, 3.8) is 0 Å². The van der Waals surface area contributed by atoms with Crippen LogP contribution in [-0.4, -0.2) is 15.9 Å². The van der Waals surface area contributed by atoms with Gasteiger partial charge in [0.2, 0.25) is 5.78 Å². The van der Waals surface area contributed by atoms with E-state index in [1.807, 2.05) is 0 Å². The quantitative estimate of drug-likeness (QED) is 0.710. The number of aromatic hydroxyl groups is 1. The normalized spacial score (nSPS) is 10.5. The standard InChI is InChI=1S/C11H6Br3NO2/c12-5-1-2-9(16)6(3-5)10(17)8-4-7(13)11(14)15-8/h1-4,15-16H. The van der Waals surface area contributed by atoms with Crippen LogP contribution >= 0.6 is 47.8 Å². The zero-order chi connectivity index (χ0) is 12.6. The van der Waals surface area contributed by atoms with Crippen LogP contribution in [0.2, 0.25) is 0 Å². The number of benzene rings is 1. The molecule has 0 radical (unpaired) electrons. The molecule has 1 aromatic heterocycles. The van der Waals surface area contributed by atoms with E-state index in [0.29, 0.717) is 10.3 Å². The molecule has 0 aliphatic carbocycles. The topological polar surface area (TPSA) is 53.1 Å². The van der Waals surface area contributed by atoms with E-state index in [0.717, 1.165) is 8.95 Å². The van der Waals surface area contributed by atoms with Crippen LogP contribution in [0, 0.1) is 0 Å². The number of hydrogen-bond acceptors (Lipinski definition) is 2. The fourth-order valence-corrected chi connectivity index (χ4v) is 2.38. The monoisotopic (exact) mass is 421 g/mol. The van der Waals surface area contributed by atoms with E-state index in [9.17, 15) is 9.90 Å². The fraction of sp³-hybridized carbons (Fsp3) is 0. The molecule has 0 fully saturated rings. The predicted molar refractivity (Wildman–Crippen MR) is 75.4 cm³/mol. The number of phenolic OH excluding ortho intramolecular Hbond substituents is 1. The Morgan fingerprint density at radius 1 is 1.18 bits per heavy atom. The average molecular weight is 424 g/mol. The Balaban J connectivity index is 2.47. The van der Waals surface area contributed by atoms with Crippen molar-refractivity contribution < 1.29 is 9.90 Å². The van der Waals surface area contributed by atoms with Gasteiger partial charge >= 0.3 is 0 Å². The van der Waals surface area contributed by atoms with Crippen LogP contribution in [0.5, 0.6) is 5.75 Å². The molecule has 0 amide bonds. The Kier molecular flexibility index (Phi) is 3.75. The molecular formula is C11H6Br3NO2.